The first-order valence-corrected chi connectivity index (χ1v) is 6.54. The van der Waals surface area contributed by atoms with Crippen molar-refractivity contribution in [1.82, 2.24) is 4.98 Å². The van der Waals surface area contributed by atoms with E-state index in [1.165, 1.54) is 24.3 Å². The number of nitrogens with zero attached hydrogens (tertiary/aromatic N) is 1. The van der Waals surface area contributed by atoms with E-state index in [-0.39, 0.29) is 5.56 Å². The summed E-state index contributed by atoms with van der Waals surface area (Å²) in [5, 5.41) is 0. The largest absolute Gasteiger partial charge is 0.256 e. The average molecular weight is 321 g/mol. The van der Waals surface area contributed by atoms with Gasteiger partial charge in [0.1, 0.15) is 0 Å². The van der Waals surface area contributed by atoms with Crippen molar-refractivity contribution in [3.63, 3.8) is 0 Å². The lowest BCUT2D eigenvalue weighted by atomic mass is 10.0. The molecule has 1 heterocycles. The predicted molar refractivity (Wildman–Crippen MR) is 74.9 cm³/mol. The number of pyridine rings is 1. The molecule has 0 spiro atoms. The van der Waals surface area contributed by atoms with Crippen LogP contribution in [0.3, 0.4) is 0 Å². The minimum atomic E-state index is -2.17. The molecule has 2 aromatic carbocycles. The first kappa shape index (κ1) is 15.1. The summed E-state index contributed by atoms with van der Waals surface area (Å²) in [7, 11) is 0. The summed E-state index contributed by atoms with van der Waals surface area (Å²) in [6.07, 6.45) is 1.58. The minimum absolute atomic E-state index is 0.113. The fourth-order valence-electron chi connectivity index (χ4n) is 2.20. The summed E-state index contributed by atoms with van der Waals surface area (Å²) >= 11 is 0. The highest BCUT2D eigenvalue weighted by molar-refractivity contribution is 5.69. The van der Waals surface area contributed by atoms with Crippen LogP contribution < -0.4 is 0 Å². The molecule has 0 N–H and O–H groups in total. The van der Waals surface area contributed by atoms with E-state index in [1.807, 2.05) is 0 Å². The van der Waals surface area contributed by atoms with Crippen molar-refractivity contribution in [2.75, 3.05) is 0 Å². The Labute approximate surface area is 128 Å². The van der Waals surface area contributed by atoms with Crippen LogP contribution in [0.15, 0.2) is 48.7 Å². The van der Waals surface area contributed by atoms with E-state index in [0.29, 0.717) is 11.3 Å². The highest BCUT2D eigenvalue weighted by Gasteiger charge is 2.26. The molecular formula is C17H8F5N. The van der Waals surface area contributed by atoms with E-state index in [0.717, 1.165) is 0 Å². The van der Waals surface area contributed by atoms with Crippen LogP contribution in [0, 0.1) is 29.1 Å². The molecule has 1 aromatic heterocycles. The van der Waals surface area contributed by atoms with Crippen LogP contribution in [-0.2, 0) is 0 Å². The maximum Gasteiger partial charge on any atom is 0.200 e. The van der Waals surface area contributed by atoms with E-state index >= 15 is 0 Å². The molecule has 0 aliphatic heterocycles. The van der Waals surface area contributed by atoms with Crippen molar-refractivity contribution in [2.24, 2.45) is 0 Å². The number of hydrogen-bond acceptors (Lipinski definition) is 1. The smallest absolute Gasteiger partial charge is 0.200 e. The molecule has 116 valence electrons. The van der Waals surface area contributed by atoms with Gasteiger partial charge in [0, 0.05) is 11.8 Å². The van der Waals surface area contributed by atoms with E-state index in [2.05, 4.69) is 4.98 Å². The number of rotatable bonds is 2. The summed E-state index contributed by atoms with van der Waals surface area (Å²) in [6.45, 7) is 0. The second-order valence-electron chi connectivity index (χ2n) is 4.74. The lowest BCUT2D eigenvalue weighted by Gasteiger charge is -2.09. The zero-order valence-electron chi connectivity index (χ0n) is 11.5. The number of benzene rings is 2. The van der Waals surface area contributed by atoms with Gasteiger partial charge >= 0.3 is 0 Å². The summed E-state index contributed by atoms with van der Waals surface area (Å²) in [5.41, 5.74) is 0.209. The van der Waals surface area contributed by atoms with Crippen molar-refractivity contribution in [2.45, 2.75) is 0 Å². The Kier molecular flexibility index (Phi) is 3.82. The van der Waals surface area contributed by atoms with Crippen molar-refractivity contribution in [3.05, 3.63) is 77.7 Å². The fourth-order valence-corrected chi connectivity index (χ4v) is 2.20. The van der Waals surface area contributed by atoms with Crippen molar-refractivity contribution >= 4 is 0 Å². The van der Waals surface area contributed by atoms with Crippen LogP contribution in [-0.4, -0.2) is 4.98 Å². The molecule has 0 radical (unpaired) electrons. The topological polar surface area (TPSA) is 12.9 Å². The van der Waals surface area contributed by atoms with Crippen molar-refractivity contribution in [1.29, 1.82) is 0 Å². The zero-order chi connectivity index (χ0) is 16.6. The molecule has 0 amide bonds. The van der Waals surface area contributed by atoms with Crippen LogP contribution in [0.1, 0.15) is 0 Å². The zero-order valence-corrected chi connectivity index (χ0v) is 11.5. The maximum atomic E-state index is 13.8. The normalized spacial score (nSPS) is 10.8. The molecule has 0 saturated heterocycles. The lowest BCUT2D eigenvalue weighted by Crippen LogP contribution is -2.03. The summed E-state index contributed by atoms with van der Waals surface area (Å²) < 4.78 is 67.1. The third-order valence-corrected chi connectivity index (χ3v) is 3.34. The third kappa shape index (κ3) is 2.56. The van der Waals surface area contributed by atoms with Crippen molar-refractivity contribution in [3.8, 4) is 22.4 Å². The molecule has 0 atom stereocenters. The summed E-state index contributed by atoms with van der Waals surface area (Å²) in [6, 6.07) is 10.8. The Morgan fingerprint density at radius 3 is 1.61 bits per heavy atom. The van der Waals surface area contributed by atoms with Gasteiger partial charge in [-0.05, 0) is 17.7 Å². The van der Waals surface area contributed by atoms with Gasteiger partial charge in [-0.2, -0.15) is 0 Å². The van der Waals surface area contributed by atoms with Crippen LogP contribution >= 0.6 is 0 Å². The first-order chi connectivity index (χ1) is 11.0. The molecule has 0 saturated carbocycles. The standard InChI is InChI=1S/C17H8F5N/c18-13-12(14(19)16(21)17(22)15(13)20)10-6-4-9(5-7-10)11-3-1-2-8-23-11/h1-8H. The van der Waals surface area contributed by atoms with Gasteiger partial charge in [-0.1, -0.05) is 30.3 Å². The number of aromatic nitrogens is 1. The van der Waals surface area contributed by atoms with Gasteiger partial charge < -0.3 is 0 Å². The summed E-state index contributed by atoms with van der Waals surface area (Å²) in [4.78, 5) is 4.11. The molecule has 6 heteroatoms. The number of hydrogen-bond donors (Lipinski definition) is 0. The SMILES string of the molecule is Fc1c(F)c(F)c(-c2ccc(-c3ccccn3)cc2)c(F)c1F. The molecule has 0 aliphatic carbocycles. The quantitative estimate of drug-likeness (QED) is 0.363. The van der Waals surface area contributed by atoms with Gasteiger partial charge in [-0.25, -0.2) is 22.0 Å². The molecule has 23 heavy (non-hydrogen) atoms. The molecule has 0 bridgehead atoms. The second-order valence-corrected chi connectivity index (χ2v) is 4.74. The predicted octanol–water partition coefficient (Wildman–Crippen LogP) is 5.11. The lowest BCUT2D eigenvalue weighted by molar-refractivity contribution is 0.381. The molecule has 1 nitrogen and oxygen atoms in total. The highest BCUT2D eigenvalue weighted by Crippen LogP contribution is 2.32. The third-order valence-electron chi connectivity index (χ3n) is 3.34. The van der Waals surface area contributed by atoms with Gasteiger partial charge in [-0.3, -0.25) is 4.98 Å². The molecule has 0 fully saturated rings. The maximum absolute atomic E-state index is 13.8. The van der Waals surface area contributed by atoms with Gasteiger partial charge in [0.2, 0.25) is 5.82 Å². The fraction of sp³-hybridized carbons (Fsp3) is 0. The monoisotopic (exact) mass is 321 g/mol. The summed E-state index contributed by atoms with van der Waals surface area (Å²) in [5.74, 6) is -9.81. The van der Waals surface area contributed by atoms with Crippen LogP contribution in [0.5, 0.6) is 0 Å². The average Bonchev–Trinajstić information content (AvgIpc) is 2.60. The molecule has 3 rings (SSSR count). The number of halogens is 5. The van der Waals surface area contributed by atoms with E-state index < -0.39 is 34.6 Å². The van der Waals surface area contributed by atoms with E-state index in [9.17, 15) is 22.0 Å². The Hall–Kier alpha value is -2.76. The van der Waals surface area contributed by atoms with Crippen LogP contribution in [0.25, 0.3) is 22.4 Å². The molecule has 0 aliphatic rings. The Morgan fingerprint density at radius 1 is 0.565 bits per heavy atom. The molecular weight excluding hydrogens is 313 g/mol. The van der Waals surface area contributed by atoms with E-state index in [4.69, 9.17) is 0 Å². The van der Waals surface area contributed by atoms with Gasteiger partial charge in [-0.15, -0.1) is 0 Å². The molecule has 3 aromatic rings. The van der Waals surface area contributed by atoms with E-state index in [1.54, 1.807) is 24.4 Å². The van der Waals surface area contributed by atoms with Gasteiger partial charge in [0.25, 0.3) is 0 Å². The van der Waals surface area contributed by atoms with Gasteiger partial charge in [0.05, 0.1) is 11.3 Å². The first-order valence-electron chi connectivity index (χ1n) is 6.54. The van der Waals surface area contributed by atoms with Crippen LogP contribution in [0.2, 0.25) is 0 Å². The Bertz CT molecular complexity index is 831. The van der Waals surface area contributed by atoms with Crippen molar-refractivity contribution < 1.29 is 22.0 Å². The molecule has 0 unspecified atom stereocenters. The van der Waals surface area contributed by atoms with Gasteiger partial charge in [0.15, 0.2) is 23.3 Å². The second kappa shape index (κ2) is 5.79. The Balaban J connectivity index is 2.11. The Morgan fingerprint density at radius 2 is 1.09 bits per heavy atom. The minimum Gasteiger partial charge on any atom is -0.256 e. The van der Waals surface area contributed by atoms with Crippen LogP contribution in [0.4, 0.5) is 22.0 Å². The highest BCUT2D eigenvalue weighted by atomic mass is 19.2.